The lowest BCUT2D eigenvalue weighted by atomic mass is 9.98. The van der Waals surface area contributed by atoms with Gasteiger partial charge in [-0.05, 0) is 57.7 Å². The van der Waals surface area contributed by atoms with Gasteiger partial charge in [-0.1, -0.05) is 0 Å². The van der Waals surface area contributed by atoms with Crippen molar-refractivity contribution in [2.45, 2.75) is 38.1 Å². The Bertz CT molecular complexity index is 190. The zero-order valence-corrected chi connectivity index (χ0v) is 10.6. The van der Waals surface area contributed by atoms with Crippen molar-refractivity contribution in [1.29, 1.82) is 0 Å². The number of piperidine rings is 1. The summed E-state index contributed by atoms with van der Waals surface area (Å²) in [5.74, 6) is 0.773. The van der Waals surface area contributed by atoms with Crippen LogP contribution in [-0.2, 0) is 4.74 Å². The lowest BCUT2D eigenvalue weighted by molar-refractivity contribution is 0.0889. The van der Waals surface area contributed by atoms with E-state index < -0.39 is 0 Å². The lowest BCUT2D eigenvalue weighted by Crippen LogP contribution is -2.39. The van der Waals surface area contributed by atoms with Gasteiger partial charge in [0.15, 0.2) is 0 Å². The van der Waals surface area contributed by atoms with Crippen molar-refractivity contribution >= 4 is 0 Å². The molecule has 0 aromatic rings. The van der Waals surface area contributed by atoms with E-state index in [0.717, 1.165) is 18.6 Å². The smallest absolute Gasteiger partial charge is 0.0502 e. The predicted molar refractivity (Wildman–Crippen MR) is 66.7 cm³/mol. The van der Waals surface area contributed by atoms with Crippen molar-refractivity contribution in [3.63, 3.8) is 0 Å². The first-order chi connectivity index (χ1) is 7.88. The molecule has 2 aliphatic rings. The van der Waals surface area contributed by atoms with Crippen LogP contribution in [-0.4, -0.2) is 50.8 Å². The average molecular weight is 226 g/mol. The van der Waals surface area contributed by atoms with E-state index >= 15 is 0 Å². The molecule has 0 amide bonds. The minimum Gasteiger partial charge on any atom is -0.384 e. The third kappa shape index (κ3) is 3.72. The maximum absolute atomic E-state index is 5.27. The molecule has 2 atom stereocenters. The number of rotatable bonds is 5. The second kappa shape index (κ2) is 6.58. The highest BCUT2D eigenvalue weighted by Crippen LogP contribution is 2.18. The minimum atomic E-state index is 0.773. The molecule has 94 valence electrons. The van der Waals surface area contributed by atoms with E-state index in [0.29, 0.717) is 0 Å². The summed E-state index contributed by atoms with van der Waals surface area (Å²) in [6.45, 7) is 6.00. The Hall–Kier alpha value is -0.120. The Kier molecular flexibility index (Phi) is 5.07. The molecule has 16 heavy (non-hydrogen) atoms. The van der Waals surface area contributed by atoms with Crippen LogP contribution in [0.3, 0.4) is 0 Å². The summed E-state index contributed by atoms with van der Waals surface area (Å²) in [7, 11) is 1.82. The van der Waals surface area contributed by atoms with Gasteiger partial charge in [-0.15, -0.1) is 0 Å². The van der Waals surface area contributed by atoms with Crippen molar-refractivity contribution in [2.24, 2.45) is 5.92 Å². The first-order valence-corrected chi connectivity index (χ1v) is 6.83. The number of hydrogen-bond acceptors (Lipinski definition) is 3. The van der Waals surface area contributed by atoms with Crippen molar-refractivity contribution in [3.05, 3.63) is 0 Å². The van der Waals surface area contributed by atoms with Crippen molar-refractivity contribution in [3.8, 4) is 0 Å². The predicted octanol–water partition coefficient (Wildman–Crippen LogP) is 1.49. The number of nitrogens with one attached hydrogen (secondary N) is 1. The molecule has 3 heteroatoms. The third-order valence-electron chi connectivity index (χ3n) is 3.96. The highest BCUT2D eigenvalue weighted by atomic mass is 16.5. The zero-order chi connectivity index (χ0) is 11.2. The molecule has 1 N–H and O–H groups in total. The second-order valence-corrected chi connectivity index (χ2v) is 5.35. The molecule has 2 unspecified atom stereocenters. The molecule has 2 heterocycles. The van der Waals surface area contributed by atoms with Gasteiger partial charge in [-0.2, -0.15) is 0 Å². The van der Waals surface area contributed by atoms with Gasteiger partial charge >= 0.3 is 0 Å². The van der Waals surface area contributed by atoms with E-state index in [1.54, 1.807) is 0 Å². The van der Waals surface area contributed by atoms with Gasteiger partial charge in [-0.25, -0.2) is 0 Å². The molecular weight excluding hydrogens is 200 g/mol. The van der Waals surface area contributed by atoms with Crippen LogP contribution in [0.15, 0.2) is 0 Å². The maximum atomic E-state index is 5.27. The lowest BCUT2D eigenvalue weighted by Gasteiger charge is -2.32. The number of ether oxygens (including phenoxy) is 1. The normalized spacial score (nSPS) is 32.1. The molecule has 0 aromatic heterocycles. The first-order valence-electron chi connectivity index (χ1n) is 6.83. The van der Waals surface area contributed by atoms with Gasteiger partial charge in [0.05, 0.1) is 6.61 Å². The highest BCUT2D eigenvalue weighted by molar-refractivity contribution is 4.78. The fraction of sp³-hybridized carbons (Fsp3) is 1.00. The van der Waals surface area contributed by atoms with Crippen LogP contribution < -0.4 is 5.32 Å². The Morgan fingerprint density at radius 2 is 2.25 bits per heavy atom. The molecular formula is C13H26N2O. The Morgan fingerprint density at radius 1 is 1.31 bits per heavy atom. The van der Waals surface area contributed by atoms with Gasteiger partial charge in [-0.3, -0.25) is 0 Å². The summed E-state index contributed by atoms with van der Waals surface area (Å²) in [5, 5.41) is 3.58. The van der Waals surface area contributed by atoms with Crippen LogP contribution in [0.25, 0.3) is 0 Å². The van der Waals surface area contributed by atoms with Crippen LogP contribution in [0.4, 0.5) is 0 Å². The maximum Gasteiger partial charge on any atom is 0.0502 e. The van der Waals surface area contributed by atoms with Crippen LogP contribution >= 0.6 is 0 Å². The standard InChI is InChI=1S/C13H26N2O/c1-16-11-12-4-3-8-15(10-12)9-6-13-5-2-7-14-13/h12-14H,2-11H2,1H3. The molecule has 2 fully saturated rings. The topological polar surface area (TPSA) is 24.5 Å². The van der Waals surface area contributed by atoms with Crippen LogP contribution in [0.5, 0.6) is 0 Å². The molecule has 0 radical (unpaired) electrons. The minimum absolute atomic E-state index is 0.773. The quantitative estimate of drug-likeness (QED) is 0.768. The monoisotopic (exact) mass is 226 g/mol. The molecule has 0 aromatic carbocycles. The molecule has 0 aliphatic carbocycles. The summed E-state index contributed by atoms with van der Waals surface area (Å²) in [6.07, 6.45) is 6.80. The Morgan fingerprint density at radius 3 is 3.00 bits per heavy atom. The molecule has 2 rings (SSSR count). The van der Waals surface area contributed by atoms with E-state index in [1.165, 1.54) is 58.3 Å². The number of nitrogens with zero attached hydrogens (tertiary/aromatic N) is 1. The van der Waals surface area contributed by atoms with E-state index in [1.807, 2.05) is 7.11 Å². The largest absolute Gasteiger partial charge is 0.384 e. The van der Waals surface area contributed by atoms with E-state index in [2.05, 4.69) is 10.2 Å². The fourth-order valence-electron chi connectivity index (χ4n) is 3.07. The SMILES string of the molecule is COCC1CCCN(CCC2CCCN2)C1. The number of likely N-dealkylation sites (tertiary alicyclic amines) is 1. The molecule has 0 bridgehead atoms. The van der Waals surface area contributed by atoms with Crippen LogP contribution in [0.2, 0.25) is 0 Å². The van der Waals surface area contributed by atoms with Gasteiger partial charge in [0.25, 0.3) is 0 Å². The van der Waals surface area contributed by atoms with Gasteiger partial charge in [0.1, 0.15) is 0 Å². The van der Waals surface area contributed by atoms with Crippen molar-refractivity contribution in [2.75, 3.05) is 39.9 Å². The summed E-state index contributed by atoms with van der Waals surface area (Å²) in [6, 6.07) is 0.794. The first kappa shape index (κ1) is 12.3. The Balaban J connectivity index is 1.64. The number of methoxy groups -OCH3 is 1. The molecule has 0 saturated carbocycles. The van der Waals surface area contributed by atoms with Gasteiger partial charge in [0, 0.05) is 19.7 Å². The molecule has 0 spiro atoms. The van der Waals surface area contributed by atoms with Crippen LogP contribution in [0, 0.1) is 5.92 Å². The van der Waals surface area contributed by atoms with Gasteiger partial charge in [0.2, 0.25) is 0 Å². The summed E-state index contributed by atoms with van der Waals surface area (Å²) in [4.78, 5) is 2.63. The number of hydrogen-bond donors (Lipinski definition) is 1. The Labute approximate surface area is 99.5 Å². The summed E-state index contributed by atoms with van der Waals surface area (Å²) < 4.78 is 5.27. The second-order valence-electron chi connectivity index (χ2n) is 5.35. The van der Waals surface area contributed by atoms with Crippen molar-refractivity contribution < 1.29 is 4.74 Å². The average Bonchev–Trinajstić information content (AvgIpc) is 2.80. The van der Waals surface area contributed by atoms with Crippen molar-refractivity contribution in [1.82, 2.24) is 10.2 Å². The van der Waals surface area contributed by atoms with E-state index in [-0.39, 0.29) is 0 Å². The summed E-state index contributed by atoms with van der Waals surface area (Å²) >= 11 is 0. The highest BCUT2D eigenvalue weighted by Gasteiger charge is 2.21. The third-order valence-corrected chi connectivity index (χ3v) is 3.96. The zero-order valence-electron chi connectivity index (χ0n) is 10.6. The molecule has 3 nitrogen and oxygen atoms in total. The van der Waals surface area contributed by atoms with Crippen LogP contribution in [0.1, 0.15) is 32.1 Å². The fourth-order valence-corrected chi connectivity index (χ4v) is 3.07. The molecule has 2 saturated heterocycles. The van der Waals surface area contributed by atoms with E-state index in [9.17, 15) is 0 Å². The van der Waals surface area contributed by atoms with E-state index in [4.69, 9.17) is 4.74 Å². The van der Waals surface area contributed by atoms with Gasteiger partial charge < -0.3 is 15.0 Å². The molecule has 2 aliphatic heterocycles. The summed E-state index contributed by atoms with van der Waals surface area (Å²) in [5.41, 5.74) is 0.